The second-order valence-corrected chi connectivity index (χ2v) is 13.8. The summed E-state index contributed by atoms with van der Waals surface area (Å²) in [6, 6.07) is 20.0. The van der Waals surface area contributed by atoms with Crippen molar-refractivity contribution in [1.82, 2.24) is 5.32 Å². The summed E-state index contributed by atoms with van der Waals surface area (Å²) in [5.74, 6) is 1.21. The molecule has 160 valence electrons. The number of unbranched alkanes of at least 4 members (excludes halogenated alkanes) is 1. The van der Waals surface area contributed by atoms with Gasteiger partial charge in [0.15, 0.2) is 0 Å². The van der Waals surface area contributed by atoms with Crippen molar-refractivity contribution >= 4 is 29.5 Å². The average Bonchev–Trinajstić information content (AvgIpc) is 2.72. The van der Waals surface area contributed by atoms with Gasteiger partial charge in [-0.2, -0.15) is 11.8 Å². The lowest BCUT2D eigenvalue weighted by Gasteiger charge is -2.34. The third-order valence-corrected chi connectivity index (χ3v) is 9.92. The van der Waals surface area contributed by atoms with Gasteiger partial charge in [-0.25, -0.2) is 0 Å². The Kier molecular flexibility index (Phi) is 9.07. The maximum atomic E-state index is 14.2. The third kappa shape index (κ3) is 7.63. The predicted octanol–water partition coefficient (Wildman–Crippen LogP) is 6.07. The van der Waals surface area contributed by atoms with Gasteiger partial charge < -0.3 is 9.88 Å². The van der Waals surface area contributed by atoms with E-state index >= 15 is 0 Å². The van der Waals surface area contributed by atoms with E-state index in [0.29, 0.717) is 6.16 Å². The summed E-state index contributed by atoms with van der Waals surface area (Å²) in [5.41, 5.74) is -0.0677. The second-order valence-electron chi connectivity index (χ2n) is 9.08. The molecular formula is C25H38NOPS. The van der Waals surface area contributed by atoms with E-state index in [-0.39, 0.29) is 10.3 Å². The van der Waals surface area contributed by atoms with E-state index in [1.165, 1.54) is 18.6 Å². The average molecular weight is 432 g/mol. The molecule has 0 saturated heterocycles. The number of benzene rings is 2. The van der Waals surface area contributed by atoms with Crippen LogP contribution in [0.4, 0.5) is 0 Å². The lowest BCUT2D eigenvalue weighted by atomic mass is 10.0. The maximum absolute atomic E-state index is 14.2. The lowest BCUT2D eigenvalue weighted by Crippen LogP contribution is -2.46. The zero-order chi connectivity index (χ0) is 21.4. The van der Waals surface area contributed by atoms with Crippen molar-refractivity contribution in [2.24, 2.45) is 0 Å². The Balaban J connectivity index is 2.07. The first-order chi connectivity index (χ1) is 13.7. The Morgan fingerprint density at radius 2 is 1.41 bits per heavy atom. The van der Waals surface area contributed by atoms with Gasteiger partial charge in [-0.15, -0.1) is 0 Å². The molecule has 2 aromatic rings. The van der Waals surface area contributed by atoms with Crippen LogP contribution in [0.1, 0.15) is 53.9 Å². The summed E-state index contributed by atoms with van der Waals surface area (Å²) in [6.45, 7) is 12.3. The van der Waals surface area contributed by atoms with Gasteiger partial charge in [0.25, 0.3) is 0 Å². The SMILES string of the molecule is CCCCSC(C)(C)CNC(C)(C)CCP(=O)(c1ccccc1)c1ccccc1. The topological polar surface area (TPSA) is 29.1 Å². The Morgan fingerprint density at radius 3 is 1.90 bits per heavy atom. The zero-order valence-electron chi connectivity index (χ0n) is 18.8. The van der Waals surface area contributed by atoms with Crippen molar-refractivity contribution in [3.05, 3.63) is 60.7 Å². The molecule has 29 heavy (non-hydrogen) atoms. The minimum atomic E-state index is -2.65. The highest BCUT2D eigenvalue weighted by Crippen LogP contribution is 2.45. The van der Waals surface area contributed by atoms with Crippen LogP contribution in [-0.2, 0) is 4.57 Å². The number of rotatable bonds is 12. The monoisotopic (exact) mass is 431 g/mol. The molecule has 0 amide bonds. The smallest absolute Gasteiger partial charge is 0.143 e. The van der Waals surface area contributed by atoms with Gasteiger partial charge in [0.2, 0.25) is 0 Å². The first-order valence-corrected chi connectivity index (χ1v) is 13.7. The molecule has 0 radical (unpaired) electrons. The van der Waals surface area contributed by atoms with E-state index in [2.05, 4.69) is 39.9 Å². The number of hydrogen-bond donors (Lipinski definition) is 1. The molecule has 0 bridgehead atoms. The molecule has 0 aliphatic carbocycles. The van der Waals surface area contributed by atoms with Crippen LogP contribution in [0.3, 0.4) is 0 Å². The standard InChI is InChI=1S/C25H38NOPS/c1-6-7-20-29-25(4,5)21-26-24(2,3)18-19-28(27,22-14-10-8-11-15-22)23-16-12-9-13-17-23/h8-17,26H,6-7,18-21H2,1-5H3. The van der Waals surface area contributed by atoms with Gasteiger partial charge in [-0.05, 0) is 46.3 Å². The van der Waals surface area contributed by atoms with Crippen LogP contribution in [0.25, 0.3) is 0 Å². The third-order valence-electron chi connectivity index (χ3n) is 5.38. The van der Waals surface area contributed by atoms with Crippen LogP contribution in [0, 0.1) is 0 Å². The number of thioether (sulfide) groups is 1. The highest BCUT2D eigenvalue weighted by Gasteiger charge is 2.31. The molecule has 4 heteroatoms. The van der Waals surface area contributed by atoms with E-state index in [4.69, 9.17) is 0 Å². The van der Waals surface area contributed by atoms with E-state index in [1.807, 2.05) is 72.4 Å². The molecule has 0 aliphatic rings. The first-order valence-electron chi connectivity index (χ1n) is 10.8. The number of nitrogens with one attached hydrogen (secondary N) is 1. The second kappa shape index (κ2) is 10.8. The van der Waals surface area contributed by atoms with Crippen molar-refractivity contribution in [3.63, 3.8) is 0 Å². The Labute approximate surface area is 182 Å². The van der Waals surface area contributed by atoms with Gasteiger partial charge in [0.1, 0.15) is 7.14 Å². The molecule has 0 heterocycles. The van der Waals surface area contributed by atoms with Crippen LogP contribution in [0.15, 0.2) is 60.7 Å². The molecule has 0 atom stereocenters. The summed E-state index contributed by atoms with van der Waals surface area (Å²) < 4.78 is 14.4. The van der Waals surface area contributed by atoms with E-state index in [1.54, 1.807) is 0 Å². The highest BCUT2D eigenvalue weighted by molar-refractivity contribution is 8.00. The summed E-state index contributed by atoms with van der Waals surface area (Å²) >= 11 is 2.04. The van der Waals surface area contributed by atoms with Crippen LogP contribution >= 0.6 is 18.9 Å². The first kappa shape index (κ1) is 24.3. The van der Waals surface area contributed by atoms with Gasteiger partial charge >= 0.3 is 0 Å². The van der Waals surface area contributed by atoms with Crippen LogP contribution in [-0.4, -0.2) is 28.7 Å². The van der Waals surface area contributed by atoms with Gasteiger partial charge in [0.05, 0.1) is 0 Å². The fraction of sp³-hybridized carbons (Fsp3) is 0.520. The summed E-state index contributed by atoms with van der Waals surface area (Å²) in [6.07, 6.45) is 4.05. The summed E-state index contributed by atoms with van der Waals surface area (Å²) in [5, 5.41) is 5.67. The molecule has 1 N–H and O–H groups in total. The fourth-order valence-corrected chi connectivity index (χ4v) is 7.42. The number of hydrogen-bond acceptors (Lipinski definition) is 3. The van der Waals surface area contributed by atoms with Crippen molar-refractivity contribution in [2.45, 2.75) is 64.2 Å². The molecule has 2 rings (SSSR count). The summed E-state index contributed by atoms with van der Waals surface area (Å²) in [4.78, 5) is 0. The van der Waals surface area contributed by atoms with Gasteiger partial charge in [-0.3, -0.25) is 0 Å². The molecule has 0 saturated carbocycles. The lowest BCUT2D eigenvalue weighted by molar-refractivity contribution is 0.363. The molecular weight excluding hydrogens is 393 g/mol. The van der Waals surface area contributed by atoms with E-state index in [9.17, 15) is 4.57 Å². The Hall–Kier alpha value is -1.02. The zero-order valence-corrected chi connectivity index (χ0v) is 20.5. The van der Waals surface area contributed by atoms with E-state index < -0.39 is 7.14 Å². The largest absolute Gasteiger partial charge is 0.314 e. The Morgan fingerprint density at radius 1 is 0.897 bits per heavy atom. The normalized spacial score (nSPS) is 12.9. The van der Waals surface area contributed by atoms with Gasteiger partial charge in [0, 0.05) is 33.6 Å². The van der Waals surface area contributed by atoms with Crippen LogP contribution in [0.5, 0.6) is 0 Å². The molecule has 0 aromatic heterocycles. The van der Waals surface area contributed by atoms with Crippen molar-refractivity contribution < 1.29 is 4.57 Å². The van der Waals surface area contributed by atoms with E-state index in [0.717, 1.165) is 23.6 Å². The molecule has 0 fully saturated rings. The fourth-order valence-electron chi connectivity index (χ4n) is 3.27. The predicted molar refractivity (Wildman–Crippen MR) is 133 cm³/mol. The minimum Gasteiger partial charge on any atom is -0.314 e. The van der Waals surface area contributed by atoms with Crippen LogP contribution in [0.2, 0.25) is 0 Å². The molecule has 2 aromatic carbocycles. The molecule has 0 spiro atoms. The molecule has 0 aliphatic heterocycles. The summed E-state index contributed by atoms with van der Waals surface area (Å²) in [7, 11) is -2.65. The maximum Gasteiger partial charge on any atom is 0.143 e. The van der Waals surface area contributed by atoms with Crippen molar-refractivity contribution in [1.29, 1.82) is 0 Å². The molecule has 0 unspecified atom stereocenters. The van der Waals surface area contributed by atoms with Crippen molar-refractivity contribution in [2.75, 3.05) is 18.5 Å². The minimum absolute atomic E-state index is 0.0677. The van der Waals surface area contributed by atoms with Gasteiger partial charge in [-0.1, -0.05) is 74.0 Å². The highest BCUT2D eigenvalue weighted by atomic mass is 32.2. The Bertz CT molecular complexity index is 730. The quantitative estimate of drug-likeness (QED) is 0.327. The van der Waals surface area contributed by atoms with Crippen molar-refractivity contribution in [3.8, 4) is 0 Å². The molecule has 2 nitrogen and oxygen atoms in total. The van der Waals surface area contributed by atoms with Crippen LogP contribution < -0.4 is 15.9 Å².